The first-order chi connectivity index (χ1) is 10.3. The van der Waals surface area contributed by atoms with Crippen molar-refractivity contribution in [1.29, 1.82) is 0 Å². The van der Waals surface area contributed by atoms with E-state index in [0.717, 1.165) is 18.8 Å². The van der Waals surface area contributed by atoms with Gasteiger partial charge in [0.2, 0.25) is 0 Å². The molecule has 0 amide bonds. The smallest absolute Gasteiger partial charge is 0.257 e. The van der Waals surface area contributed by atoms with Gasteiger partial charge in [0.15, 0.2) is 5.71 Å². The molecule has 0 saturated heterocycles. The van der Waals surface area contributed by atoms with Crippen LogP contribution in [-0.4, -0.2) is 25.7 Å². The molecule has 0 bridgehead atoms. The van der Waals surface area contributed by atoms with Crippen LogP contribution in [-0.2, 0) is 9.63 Å². The number of ether oxygens (including phenoxy) is 1. The molecule has 21 heavy (non-hydrogen) atoms. The van der Waals surface area contributed by atoms with Crippen LogP contribution in [0.1, 0.15) is 51.0 Å². The van der Waals surface area contributed by atoms with Crippen LogP contribution in [0.2, 0.25) is 0 Å². The molecule has 1 aromatic carbocycles. The van der Waals surface area contributed by atoms with Gasteiger partial charge in [0.25, 0.3) is 6.29 Å². The van der Waals surface area contributed by atoms with Gasteiger partial charge in [-0.15, -0.1) is 0 Å². The van der Waals surface area contributed by atoms with E-state index in [1.165, 1.54) is 39.2 Å². The molecule has 0 heterocycles. The number of oxime groups is 1. The second-order valence-corrected chi connectivity index (χ2v) is 4.87. The van der Waals surface area contributed by atoms with Crippen molar-refractivity contribution in [1.82, 2.24) is 0 Å². The molecule has 0 atom stereocenters. The number of unbranched alkanes of at least 4 members (excludes halogenated alkanes) is 5. The highest BCUT2D eigenvalue weighted by molar-refractivity contribution is 6.36. The molecule has 0 aliphatic heterocycles. The van der Waals surface area contributed by atoms with E-state index in [0.29, 0.717) is 5.56 Å². The van der Waals surface area contributed by atoms with Crippen molar-refractivity contribution in [3.05, 3.63) is 29.8 Å². The average molecular weight is 290 g/mol. The Kier molecular flexibility index (Phi) is 8.93. The molecular formula is C17H24NO3. The van der Waals surface area contributed by atoms with E-state index in [1.54, 1.807) is 18.4 Å². The van der Waals surface area contributed by atoms with Crippen molar-refractivity contribution in [3.8, 4) is 5.75 Å². The summed E-state index contributed by atoms with van der Waals surface area (Å²) < 4.78 is 5.67. The lowest BCUT2D eigenvalue weighted by Crippen LogP contribution is -2.03. The van der Waals surface area contributed by atoms with Crippen molar-refractivity contribution in [2.75, 3.05) is 13.7 Å². The Morgan fingerprint density at radius 1 is 1.10 bits per heavy atom. The minimum Gasteiger partial charge on any atom is -0.494 e. The number of nitrogens with zero attached hydrogens (tertiary/aromatic N) is 1. The second-order valence-electron chi connectivity index (χ2n) is 4.87. The zero-order valence-corrected chi connectivity index (χ0v) is 12.9. The third kappa shape index (κ3) is 6.93. The maximum atomic E-state index is 10.7. The first-order valence-corrected chi connectivity index (χ1v) is 7.54. The molecule has 1 radical (unpaired) electrons. The number of rotatable bonds is 11. The monoisotopic (exact) mass is 290 g/mol. The molecule has 0 unspecified atom stereocenters. The molecule has 115 valence electrons. The molecule has 0 saturated carbocycles. The fraction of sp³-hybridized carbons (Fsp3) is 0.529. The van der Waals surface area contributed by atoms with Gasteiger partial charge in [-0.3, -0.25) is 4.79 Å². The Morgan fingerprint density at radius 2 is 1.76 bits per heavy atom. The largest absolute Gasteiger partial charge is 0.494 e. The fourth-order valence-electron chi connectivity index (χ4n) is 2.00. The predicted molar refractivity (Wildman–Crippen MR) is 84.6 cm³/mol. The minimum absolute atomic E-state index is 0.153. The zero-order valence-electron chi connectivity index (χ0n) is 12.9. The van der Waals surface area contributed by atoms with E-state index in [1.807, 2.05) is 12.1 Å². The van der Waals surface area contributed by atoms with E-state index in [9.17, 15) is 4.79 Å². The normalized spacial score (nSPS) is 11.2. The van der Waals surface area contributed by atoms with Gasteiger partial charge in [0, 0.05) is 5.56 Å². The van der Waals surface area contributed by atoms with Gasteiger partial charge >= 0.3 is 0 Å². The van der Waals surface area contributed by atoms with Crippen molar-refractivity contribution < 1.29 is 14.4 Å². The van der Waals surface area contributed by atoms with E-state index in [-0.39, 0.29) is 5.71 Å². The summed E-state index contributed by atoms with van der Waals surface area (Å²) in [6, 6.07) is 7.21. The lowest BCUT2D eigenvalue weighted by Gasteiger charge is -2.06. The Bertz CT molecular complexity index is 426. The number of benzene rings is 1. The van der Waals surface area contributed by atoms with Gasteiger partial charge in [0.1, 0.15) is 12.9 Å². The first kappa shape index (κ1) is 17.2. The Labute approximate surface area is 127 Å². The third-order valence-electron chi connectivity index (χ3n) is 3.17. The van der Waals surface area contributed by atoms with Crippen LogP contribution in [0, 0.1) is 0 Å². The van der Waals surface area contributed by atoms with Crippen molar-refractivity contribution in [3.63, 3.8) is 0 Å². The van der Waals surface area contributed by atoms with Gasteiger partial charge in [-0.2, -0.15) is 0 Å². The molecule has 0 aliphatic rings. The molecule has 1 aromatic rings. The maximum absolute atomic E-state index is 10.7. The summed E-state index contributed by atoms with van der Waals surface area (Å²) in [6.07, 6.45) is 9.22. The predicted octanol–water partition coefficient (Wildman–Crippen LogP) is 3.89. The van der Waals surface area contributed by atoms with Crippen LogP contribution in [0.5, 0.6) is 5.75 Å². The summed E-state index contributed by atoms with van der Waals surface area (Å²) in [7, 11) is 1.40. The van der Waals surface area contributed by atoms with Crippen LogP contribution < -0.4 is 4.74 Å². The third-order valence-corrected chi connectivity index (χ3v) is 3.17. The average Bonchev–Trinajstić information content (AvgIpc) is 2.52. The van der Waals surface area contributed by atoms with Gasteiger partial charge in [0.05, 0.1) is 6.61 Å². The lowest BCUT2D eigenvalue weighted by molar-refractivity contribution is 0.214. The molecule has 0 spiro atoms. The highest BCUT2D eigenvalue weighted by Crippen LogP contribution is 2.14. The molecule has 1 rings (SSSR count). The Balaban J connectivity index is 2.31. The highest BCUT2D eigenvalue weighted by Gasteiger charge is 2.04. The van der Waals surface area contributed by atoms with E-state index < -0.39 is 0 Å². The molecule has 0 fully saturated rings. The molecule has 0 aliphatic carbocycles. The zero-order chi connectivity index (χ0) is 15.3. The van der Waals surface area contributed by atoms with Crippen LogP contribution in [0.15, 0.2) is 29.4 Å². The maximum Gasteiger partial charge on any atom is 0.257 e. The first-order valence-electron chi connectivity index (χ1n) is 7.54. The van der Waals surface area contributed by atoms with Crippen LogP contribution in [0.3, 0.4) is 0 Å². The molecule has 0 aromatic heterocycles. The molecule has 0 N–H and O–H groups in total. The van der Waals surface area contributed by atoms with E-state index >= 15 is 0 Å². The van der Waals surface area contributed by atoms with Gasteiger partial charge in [-0.1, -0.05) is 44.2 Å². The summed E-state index contributed by atoms with van der Waals surface area (Å²) >= 11 is 0. The molecular weight excluding hydrogens is 266 g/mol. The molecule has 4 nitrogen and oxygen atoms in total. The van der Waals surface area contributed by atoms with Crippen LogP contribution >= 0.6 is 0 Å². The SMILES string of the molecule is CCCCCCCCOc1ccc(C([C]=O)=NOC)cc1. The number of hydrogen-bond donors (Lipinski definition) is 0. The van der Waals surface area contributed by atoms with Crippen LogP contribution in [0.25, 0.3) is 0 Å². The van der Waals surface area contributed by atoms with Gasteiger partial charge in [-0.25, -0.2) is 0 Å². The Hall–Kier alpha value is -1.84. The van der Waals surface area contributed by atoms with Gasteiger partial charge < -0.3 is 9.57 Å². The topological polar surface area (TPSA) is 47.9 Å². The summed E-state index contributed by atoms with van der Waals surface area (Å²) in [4.78, 5) is 15.3. The minimum atomic E-state index is 0.153. The number of hydrogen-bond acceptors (Lipinski definition) is 4. The second kappa shape index (κ2) is 10.9. The number of carbonyl (C=O) groups excluding carboxylic acids is 1. The Morgan fingerprint density at radius 3 is 2.38 bits per heavy atom. The van der Waals surface area contributed by atoms with Gasteiger partial charge in [-0.05, 0) is 30.7 Å². The van der Waals surface area contributed by atoms with E-state index in [4.69, 9.17) is 4.74 Å². The van der Waals surface area contributed by atoms with Crippen molar-refractivity contribution in [2.45, 2.75) is 45.4 Å². The summed E-state index contributed by atoms with van der Waals surface area (Å²) in [5.74, 6) is 0.801. The van der Waals surface area contributed by atoms with Crippen LogP contribution in [0.4, 0.5) is 0 Å². The summed E-state index contributed by atoms with van der Waals surface area (Å²) in [5, 5.41) is 3.61. The van der Waals surface area contributed by atoms with Crippen molar-refractivity contribution >= 4 is 12.0 Å². The summed E-state index contributed by atoms with van der Waals surface area (Å²) in [5.41, 5.74) is 0.818. The highest BCUT2D eigenvalue weighted by atomic mass is 16.6. The van der Waals surface area contributed by atoms with E-state index in [2.05, 4.69) is 16.9 Å². The lowest BCUT2D eigenvalue weighted by atomic mass is 10.1. The standard InChI is InChI=1S/C17H24NO3/c1-3-4-5-6-7-8-13-21-16-11-9-15(10-12-16)17(14-19)18-20-2/h9-12H,3-8,13H2,1-2H3. The fourth-order valence-corrected chi connectivity index (χ4v) is 2.00. The summed E-state index contributed by atoms with van der Waals surface area (Å²) in [6.45, 7) is 2.95. The van der Waals surface area contributed by atoms with Crippen molar-refractivity contribution in [2.24, 2.45) is 5.16 Å². The quantitative estimate of drug-likeness (QED) is 0.353. The molecule has 4 heteroatoms.